The maximum Gasteiger partial charge on any atom is 0.279 e. The summed E-state index contributed by atoms with van der Waals surface area (Å²) in [4.78, 5) is 44.5. The minimum atomic E-state index is -1.03. The van der Waals surface area contributed by atoms with Crippen LogP contribution < -0.4 is 16.2 Å². The van der Waals surface area contributed by atoms with Crippen molar-refractivity contribution < 1.29 is 18.4 Å². The fraction of sp³-hybridized carbons (Fsp3) is 0.0741. The smallest absolute Gasteiger partial charge is 0.279 e. The van der Waals surface area contributed by atoms with Crippen LogP contribution in [0.3, 0.4) is 0 Å². The minimum Gasteiger partial charge on any atom is -0.348 e. The van der Waals surface area contributed by atoms with Gasteiger partial charge in [-0.25, -0.2) is 18.4 Å². The second-order valence-corrected chi connectivity index (χ2v) is 8.39. The van der Waals surface area contributed by atoms with Gasteiger partial charge in [-0.15, -0.1) is 0 Å². The highest BCUT2D eigenvalue weighted by molar-refractivity contribution is 6.34. The van der Waals surface area contributed by atoms with Crippen molar-refractivity contribution in [2.24, 2.45) is 0 Å². The number of benzene rings is 2. The van der Waals surface area contributed by atoms with Gasteiger partial charge in [0.25, 0.3) is 17.4 Å². The largest absolute Gasteiger partial charge is 0.348 e. The Labute approximate surface area is 214 Å². The number of imidazole rings is 1. The molecule has 0 aliphatic carbocycles. The van der Waals surface area contributed by atoms with Gasteiger partial charge >= 0.3 is 0 Å². The van der Waals surface area contributed by atoms with Crippen LogP contribution in [0.2, 0.25) is 0 Å². The first-order valence-electron chi connectivity index (χ1n) is 11.5. The van der Waals surface area contributed by atoms with Crippen LogP contribution in [0.5, 0.6) is 0 Å². The van der Waals surface area contributed by atoms with Crippen LogP contribution in [0, 0.1) is 11.6 Å². The molecule has 11 heteroatoms. The number of carbonyl (C=O) groups is 2. The number of carbonyl (C=O) groups excluding carboxylic acids is 2. The van der Waals surface area contributed by atoms with E-state index >= 15 is 0 Å². The molecule has 1 aliphatic rings. The number of anilines is 1. The second kappa shape index (κ2) is 10.4. The molecule has 3 N–H and O–H groups in total. The number of nitrogens with zero attached hydrogens (tertiary/aromatic N) is 3. The molecule has 0 unspecified atom stereocenters. The summed E-state index contributed by atoms with van der Waals surface area (Å²) in [5.74, 6) is -2.84. The number of nitrogens with one attached hydrogen (secondary N) is 3. The highest BCUT2D eigenvalue weighted by atomic mass is 19.2. The van der Waals surface area contributed by atoms with Crippen molar-refractivity contribution >= 4 is 35.2 Å². The fourth-order valence-electron chi connectivity index (χ4n) is 3.95. The Balaban J connectivity index is 1.22. The molecule has 38 heavy (non-hydrogen) atoms. The first-order valence-corrected chi connectivity index (χ1v) is 11.5. The lowest BCUT2D eigenvalue weighted by Crippen LogP contribution is -2.34. The van der Waals surface area contributed by atoms with E-state index in [2.05, 4.69) is 25.7 Å². The monoisotopic (exact) mass is 514 g/mol. The zero-order valence-electron chi connectivity index (χ0n) is 19.7. The van der Waals surface area contributed by atoms with Gasteiger partial charge in [0.1, 0.15) is 5.56 Å². The van der Waals surface area contributed by atoms with Crippen molar-refractivity contribution in [2.75, 3.05) is 11.9 Å². The van der Waals surface area contributed by atoms with Crippen LogP contribution in [-0.2, 0) is 11.3 Å². The molecule has 3 heterocycles. The fourth-order valence-corrected chi connectivity index (χ4v) is 3.95. The molecule has 4 aromatic rings. The number of fused-ring (bicyclic) bond motifs is 1. The van der Waals surface area contributed by atoms with E-state index in [1.807, 2.05) is 18.2 Å². The van der Waals surface area contributed by atoms with Gasteiger partial charge in [0.15, 0.2) is 11.6 Å². The van der Waals surface area contributed by atoms with Crippen LogP contribution in [-0.4, -0.2) is 38.1 Å². The lowest BCUT2D eigenvalue weighted by molar-refractivity contribution is -0.110. The summed E-state index contributed by atoms with van der Waals surface area (Å²) >= 11 is 0. The average Bonchev–Trinajstić information content (AvgIpc) is 3.53. The summed E-state index contributed by atoms with van der Waals surface area (Å²) in [6, 6.07) is 10.1. The van der Waals surface area contributed by atoms with Crippen molar-refractivity contribution in [2.45, 2.75) is 6.54 Å². The summed E-state index contributed by atoms with van der Waals surface area (Å²) in [6.07, 6.45) is 9.66. The summed E-state index contributed by atoms with van der Waals surface area (Å²) in [6.45, 7) is 0.0168. The summed E-state index contributed by atoms with van der Waals surface area (Å²) in [5.41, 5.74) is 3.03. The van der Waals surface area contributed by atoms with Gasteiger partial charge in [0.05, 0.1) is 30.3 Å². The molecule has 2 aromatic heterocycles. The van der Waals surface area contributed by atoms with Gasteiger partial charge in [0.2, 0.25) is 0 Å². The average molecular weight is 514 g/mol. The van der Waals surface area contributed by atoms with E-state index in [4.69, 9.17) is 0 Å². The number of aromatic amines is 1. The van der Waals surface area contributed by atoms with E-state index in [0.29, 0.717) is 22.5 Å². The van der Waals surface area contributed by atoms with E-state index in [0.717, 1.165) is 27.9 Å². The Bertz CT molecular complexity index is 1660. The number of halogens is 2. The molecule has 0 radical (unpaired) electrons. The number of hydrogen-bond acceptors (Lipinski definition) is 5. The van der Waals surface area contributed by atoms with Crippen molar-refractivity contribution in [1.29, 1.82) is 0 Å². The third kappa shape index (κ3) is 5.16. The van der Waals surface area contributed by atoms with Crippen LogP contribution >= 0.6 is 0 Å². The zero-order valence-corrected chi connectivity index (χ0v) is 19.7. The number of amides is 2. The lowest BCUT2D eigenvalue weighted by atomic mass is 10.0. The van der Waals surface area contributed by atoms with Gasteiger partial charge in [0, 0.05) is 24.0 Å². The molecular weight excluding hydrogens is 494 g/mol. The SMILES string of the molecule is O=C1Nc2cc(/C=C/CNC(=O)c3ccnn(Cc4ccc(F)c(F)c4)c3=O)ccc2/C1=C\c1cnc[nH]1. The zero-order chi connectivity index (χ0) is 26.6. The highest BCUT2D eigenvalue weighted by Gasteiger charge is 2.24. The third-order valence-corrected chi connectivity index (χ3v) is 5.81. The van der Waals surface area contributed by atoms with Crippen molar-refractivity contribution in [1.82, 2.24) is 25.1 Å². The lowest BCUT2D eigenvalue weighted by Gasteiger charge is -2.07. The molecule has 0 spiro atoms. The van der Waals surface area contributed by atoms with Crippen LogP contribution in [0.15, 0.2) is 72.1 Å². The number of H-pyrrole nitrogens is 1. The molecule has 9 nitrogen and oxygen atoms in total. The maximum atomic E-state index is 13.5. The van der Waals surface area contributed by atoms with Crippen molar-refractivity contribution in [3.63, 3.8) is 0 Å². The van der Waals surface area contributed by atoms with Gasteiger partial charge in [-0.2, -0.15) is 5.10 Å². The Morgan fingerprint density at radius 2 is 1.95 bits per heavy atom. The highest BCUT2D eigenvalue weighted by Crippen LogP contribution is 2.33. The first-order chi connectivity index (χ1) is 18.4. The molecule has 190 valence electrons. The molecule has 5 rings (SSSR count). The quantitative estimate of drug-likeness (QED) is 0.327. The minimum absolute atomic E-state index is 0.120. The maximum absolute atomic E-state index is 13.5. The van der Waals surface area contributed by atoms with E-state index in [-0.39, 0.29) is 24.6 Å². The van der Waals surface area contributed by atoms with E-state index in [1.54, 1.807) is 24.4 Å². The molecule has 1 aliphatic heterocycles. The van der Waals surface area contributed by atoms with Gasteiger partial charge in [-0.3, -0.25) is 14.4 Å². The molecule has 2 amide bonds. The standard InChI is InChI=1S/C27H20F2N6O3/c28-22-6-4-17(10-23(22)29)14-35-27(38)20(7-9-33-35)25(36)31-8-1-2-16-3-5-19-21(12-18-13-30-15-32-18)26(37)34-24(19)11-16/h1-7,9-13,15H,8,14H2,(H,30,32)(H,31,36)(H,34,37)/b2-1+,21-12+. The number of hydrogen-bond donors (Lipinski definition) is 3. The van der Waals surface area contributed by atoms with Crippen LogP contribution in [0.4, 0.5) is 14.5 Å². The molecule has 0 saturated heterocycles. The van der Waals surface area contributed by atoms with E-state index in [1.165, 1.54) is 24.7 Å². The summed E-state index contributed by atoms with van der Waals surface area (Å²) < 4.78 is 27.6. The normalized spacial score (nSPS) is 13.6. The molecular formula is C27H20F2N6O3. The molecule has 2 aromatic carbocycles. The third-order valence-electron chi connectivity index (χ3n) is 5.81. The predicted octanol–water partition coefficient (Wildman–Crippen LogP) is 3.23. The van der Waals surface area contributed by atoms with Gasteiger partial charge < -0.3 is 15.6 Å². The number of aromatic nitrogens is 4. The predicted molar refractivity (Wildman–Crippen MR) is 137 cm³/mol. The van der Waals surface area contributed by atoms with E-state index in [9.17, 15) is 23.2 Å². The van der Waals surface area contributed by atoms with Crippen molar-refractivity contribution in [3.8, 4) is 0 Å². The Hall–Kier alpha value is -5.19. The van der Waals surface area contributed by atoms with E-state index < -0.39 is 23.1 Å². The van der Waals surface area contributed by atoms with Crippen LogP contribution in [0.1, 0.15) is 32.7 Å². The number of rotatable bonds is 7. The second-order valence-electron chi connectivity index (χ2n) is 8.39. The Morgan fingerprint density at radius 3 is 2.74 bits per heavy atom. The molecule has 0 fully saturated rings. The topological polar surface area (TPSA) is 122 Å². The van der Waals surface area contributed by atoms with Crippen molar-refractivity contribution in [3.05, 3.63) is 117 Å². The Morgan fingerprint density at radius 1 is 1.08 bits per heavy atom. The summed E-state index contributed by atoms with van der Waals surface area (Å²) in [5, 5.41) is 9.40. The first kappa shape index (κ1) is 24.5. The Kier molecular flexibility index (Phi) is 6.72. The molecule has 0 atom stereocenters. The molecule has 0 saturated carbocycles. The molecule has 0 bridgehead atoms. The van der Waals surface area contributed by atoms with Gasteiger partial charge in [-0.1, -0.05) is 30.4 Å². The van der Waals surface area contributed by atoms with Gasteiger partial charge in [-0.05, 0) is 41.5 Å². The summed E-state index contributed by atoms with van der Waals surface area (Å²) in [7, 11) is 0. The van der Waals surface area contributed by atoms with Crippen LogP contribution in [0.25, 0.3) is 17.7 Å².